The van der Waals surface area contributed by atoms with Crippen LogP contribution in [0, 0.1) is 10.1 Å². The zero-order valence-corrected chi connectivity index (χ0v) is 14.1. The molecule has 1 aliphatic heterocycles. The lowest BCUT2D eigenvalue weighted by Gasteiger charge is -2.27. The largest absolute Gasteiger partial charge is 0.440 e. The van der Waals surface area contributed by atoms with E-state index >= 15 is 0 Å². The first-order valence-electron chi connectivity index (χ1n) is 8.30. The third kappa shape index (κ3) is 3.06. The van der Waals surface area contributed by atoms with Crippen molar-refractivity contribution in [3.63, 3.8) is 0 Å². The molecule has 0 saturated carbocycles. The number of anilines is 2. The van der Waals surface area contributed by atoms with Crippen LogP contribution < -0.4 is 9.96 Å². The molecule has 0 unspecified atom stereocenters. The molecule has 0 bridgehead atoms. The average molecular weight is 361 g/mol. The monoisotopic (exact) mass is 361 g/mol. The Kier molecular flexibility index (Phi) is 4.18. The van der Waals surface area contributed by atoms with Gasteiger partial charge in [-0.15, -0.1) is 0 Å². The van der Waals surface area contributed by atoms with Gasteiger partial charge in [-0.05, 0) is 29.8 Å². The summed E-state index contributed by atoms with van der Waals surface area (Å²) in [5.74, 6) is 0. The molecule has 3 aromatic carbocycles. The van der Waals surface area contributed by atoms with E-state index in [4.69, 9.17) is 4.84 Å². The van der Waals surface area contributed by atoms with E-state index in [9.17, 15) is 14.9 Å². The number of benzene rings is 3. The normalized spacial score (nSPS) is 16.3. The highest BCUT2D eigenvalue weighted by molar-refractivity contribution is 5.92. The number of non-ortho nitro benzene ring substituents is 1. The summed E-state index contributed by atoms with van der Waals surface area (Å²) in [4.78, 5) is 30.2. The number of nitro groups is 1. The summed E-state index contributed by atoms with van der Waals surface area (Å²) in [6.07, 6.45) is -1.09. The Labute approximate surface area is 155 Å². The van der Waals surface area contributed by atoms with E-state index in [1.807, 2.05) is 60.7 Å². The van der Waals surface area contributed by atoms with Crippen LogP contribution >= 0.6 is 0 Å². The van der Waals surface area contributed by atoms with Crippen molar-refractivity contribution in [3.05, 3.63) is 101 Å². The smallest absolute Gasteiger partial charge is 0.319 e. The lowest BCUT2D eigenvalue weighted by atomic mass is 10.1. The van der Waals surface area contributed by atoms with Crippen LogP contribution in [-0.4, -0.2) is 11.0 Å². The molecule has 0 N–H and O–H groups in total. The second-order valence-corrected chi connectivity index (χ2v) is 5.95. The van der Waals surface area contributed by atoms with Gasteiger partial charge >= 0.3 is 6.09 Å². The first-order chi connectivity index (χ1) is 13.1. The van der Waals surface area contributed by atoms with Gasteiger partial charge in [0.1, 0.15) is 0 Å². The van der Waals surface area contributed by atoms with E-state index in [0.717, 1.165) is 11.3 Å². The molecule has 1 saturated heterocycles. The van der Waals surface area contributed by atoms with Crippen LogP contribution in [0.2, 0.25) is 0 Å². The van der Waals surface area contributed by atoms with E-state index in [2.05, 4.69) is 0 Å². The number of carbonyl (C=O) groups excluding carboxylic acids is 1. The van der Waals surface area contributed by atoms with Crippen LogP contribution in [0.25, 0.3) is 0 Å². The molecule has 1 heterocycles. The van der Waals surface area contributed by atoms with Crippen molar-refractivity contribution in [2.24, 2.45) is 0 Å². The number of hydrogen-bond donors (Lipinski definition) is 0. The Morgan fingerprint density at radius 1 is 0.815 bits per heavy atom. The number of carbonyl (C=O) groups is 1. The minimum absolute atomic E-state index is 0.0394. The summed E-state index contributed by atoms with van der Waals surface area (Å²) in [5.41, 5.74) is 2.05. The van der Waals surface area contributed by atoms with Crippen molar-refractivity contribution in [1.29, 1.82) is 0 Å². The van der Waals surface area contributed by atoms with Gasteiger partial charge in [0.15, 0.2) is 6.17 Å². The molecule has 1 amide bonds. The SMILES string of the molecule is O=C1ON(c2ccccc2)[C@@H](c2ccccc2)N1c1ccc([N+](=O)[O-])cc1. The minimum atomic E-state index is -0.554. The summed E-state index contributed by atoms with van der Waals surface area (Å²) in [6, 6.07) is 24.6. The first kappa shape index (κ1) is 16.6. The molecule has 27 heavy (non-hydrogen) atoms. The second-order valence-electron chi connectivity index (χ2n) is 5.95. The number of rotatable bonds is 4. The second kappa shape index (κ2) is 6.80. The van der Waals surface area contributed by atoms with Gasteiger partial charge in [-0.2, -0.15) is 5.06 Å². The topological polar surface area (TPSA) is 75.9 Å². The average Bonchev–Trinajstić information content (AvgIpc) is 3.06. The molecule has 1 fully saturated rings. The van der Waals surface area contributed by atoms with Gasteiger partial charge in [0.05, 0.1) is 16.3 Å². The minimum Gasteiger partial charge on any atom is -0.319 e. The maximum atomic E-state index is 12.7. The Balaban J connectivity index is 1.79. The zero-order chi connectivity index (χ0) is 18.8. The van der Waals surface area contributed by atoms with Crippen LogP contribution in [0.3, 0.4) is 0 Å². The summed E-state index contributed by atoms with van der Waals surface area (Å²) in [5, 5.41) is 12.5. The van der Waals surface area contributed by atoms with Crippen LogP contribution in [0.4, 0.5) is 21.9 Å². The molecule has 1 aliphatic rings. The van der Waals surface area contributed by atoms with Crippen molar-refractivity contribution in [3.8, 4) is 0 Å². The Morgan fingerprint density at radius 3 is 2.00 bits per heavy atom. The Hall–Kier alpha value is -3.87. The fraction of sp³-hybridized carbons (Fsp3) is 0.0500. The number of amides is 1. The summed E-state index contributed by atoms with van der Waals surface area (Å²) in [6.45, 7) is 0. The lowest BCUT2D eigenvalue weighted by molar-refractivity contribution is -0.384. The molecular weight excluding hydrogens is 346 g/mol. The standard InChI is InChI=1S/C20H15N3O4/c24-20-21(16-11-13-18(14-12-16)23(25)26)19(15-7-3-1-4-8-15)22(27-20)17-9-5-2-6-10-17/h1-14,19H/t19-/m0/s1. The highest BCUT2D eigenvalue weighted by atomic mass is 16.7. The third-order valence-corrected chi connectivity index (χ3v) is 4.29. The molecule has 7 heteroatoms. The molecule has 0 aliphatic carbocycles. The summed E-state index contributed by atoms with van der Waals surface area (Å²) >= 11 is 0. The Bertz CT molecular complexity index is 962. The van der Waals surface area contributed by atoms with Crippen LogP contribution in [0.15, 0.2) is 84.9 Å². The molecule has 7 nitrogen and oxygen atoms in total. The highest BCUT2D eigenvalue weighted by Gasteiger charge is 2.42. The van der Waals surface area contributed by atoms with E-state index in [1.165, 1.54) is 17.0 Å². The quantitative estimate of drug-likeness (QED) is 0.498. The Morgan fingerprint density at radius 2 is 1.41 bits per heavy atom. The van der Waals surface area contributed by atoms with Crippen molar-refractivity contribution >= 4 is 23.2 Å². The van der Waals surface area contributed by atoms with E-state index in [0.29, 0.717) is 5.69 Å². The molecule has 4 rings (SSSR count). The van der Waals surface area contributed by atoms with Crippen molar-refractivity contribution in [2.45, 2.75) is 6.17 Å². The van der Waals surface area contributed by atoms with E-state index in [1.54, 1.807) is 17.2 Å². The number of nitro benzene ring substituents is 1. The number of para-hydroxylation sites is 1. The fourth-order valence-corrected chi connectivity index (χ4v) is 3.04. The van der Waals surface area contributed by atoms with Gasteiger partial charge in [-0.1, -0.05) is 48.5 Å². The molecular formula is C20H15N3O4. The summed E-state index contributed by atoms with van der Waals surface area (Å²) in [7, 11) is 0. The van der Waals surface area contributed by atoms with Gasteiger partial charge in [0, 0.05) is 12.1 Å². The van der Waals surface area contributed by atoms with Gasteiger partial charge in [0.2, 0.25) is 0 Å². The van der Waals surface area contributed by atoms with Crippen LogP contribution in [-0.2, 0) is 4.84 Å². The maximum Gasteiger partial charge on any atom is 0.440 e. The van der Waals surface area contributed by atoms with Crippen molar-refractivity contribution < 1.29 is 14.6 Å². The molecule has 0 radical (unpaired) electrons. The van der Waals surface area contributed by atoms with Gasteiger partial charge in [0.25, 0.3) is 5.69 Å². The third-order valence-electron chi connectivity index (χ3n) is 4.29. The predicted molar refractivity (Wildman–Crippen MR) is 100 cm³/mol. The number of hydrogen-bond acceptors (Lipinski definition) is 5. The maximum absolute atomic E-state index is 12.7. The predicted octanol–water partition coefficient (Wildman–Crippen LogP) is 4.67. The van der Waals surface area contributed by atoms with Crippen LogP contribution in [0.5, 0.6) is 0 Å². The first-order valence-corrected chi connectivity index (χ1v) is 8.30. The van der Waals surface area contributed by atoms with Gasteiger partial charge in [-0.3, -0.25) is 10.1 Å². The van der Waals surface area contributed by atoms with Crippen molar-refractivity contribution in [2.75, 3.05) is 9.96 Å². The molecule has 3 aromatic rings. The van der Waals surface area contributed by atoms with Crippen LogP contribution in [0.1, 0.15) is 11.7 Å². The lowest BCUT2D eigenvalue weighted by Crippen LogP contribution is -2.31. The zero-order valence-electron chi connectivity index (χ0n) is 14.1. The fourth-order valence-electron chi connectivity index (χ4n) is 3.04. The van der Waals surface area contributed by atoms with Crippen molar-refractivity contribution in [1.82, 2.24) is 0 Å². The van der Waals surface area contributed by atoms with Gasteiger partial charge < -0.3 is 4.84 Å². The van der Waals surface area contributed by atoms with E-state index in [-0.39, 0.29) is 5.69 Å². The van der Waals surface area contributed by atoms with E-state index < -0.39 is 17.2 Å². The molecule has 0 aromatic heterocycles. The molecule has 134 valence electrons. The highest BCUT2D eigenvalue weighted by Crippen LogP contribution is 2.39. The molecule has 0 spiro atoms. The number of hydroxylamine groups is 1. The molecule has 1 atom stereocenters. The summed E-state index contributed by atoms with van der Waals surface area (Å²) < 4.78 is 0. The van der Waals surface area contributed by atoms with Gasteiger partial charge in [-0.25, -0.2) is 9.69 Å². The number of nitrogens with zero attached hydrogens (tertiary/aromatic N) is 3.